The summed E-state index contributed by atoms with van der Waals surface area (Å²) in [4.78, 5) is 13.7. The van der Waals surface area contributed by atoms with Gasteiger partial charge in [0.1, 0.15) is 5.75 Å². The summed E-state index contributed by atoms with van der Waals surface area (Å²) < 4.78 is 33.3. The first-order valence-corrected chi connectivity index (χ1v) is 9.94. The first-order chi connectivity index (χ1) is 12.5. The van der Waals surface area contributed by atoms with Gasteiger partial charge in [-0.2, -0.15) is 0 Å². The quantitative estimate of drug-likeness (QED) is 0.859. The molecule has 0 radical (unpaired) electrons. The number of carbonyl (C=O) groups excluding carboxylic acids is 1. The molecule has 2 aromatic rings. The van der Waals surface area contributed by atoms with Crippen LogP contribution in [-0.2, 0) is 14.8 Å². The van der Waals surface area contributed by atoms with E-state index in [1.54, 1.807) is 12.1 Å². The molecule has 2 aliphatic heterocycles. The molecule has 0 aliphatic carbocycles. The molecular formula is C18H19N3O4S. The molecule has 7 nitrogen and oxygen atoms in total. The van der Waals surface area contributed by atoms with E-state index in [4.69, 9.17) is 4.74 Å². The van der Waals surface area contributed by atoms with Gasteiger partial charge in [0.2, 0.25) is 0 Å². The van der Waals surface area contributed by atoms with Gasteiger partial charge >= 0.3 is 0 Å². The number of hydrogen-bond acceptors (Lipinski definition) is 5. The molecule has 136 valence electrons. The highest BCUT2D eigenvalue weighted by atomic mass is 32.2. The lowest BCUT2D eigenvalue weighted by atomic mass is 10.2. The van der Waals surface area contributed by atoms with Gasteiger partial charge in [0.05, 0.1) is 16.3 Å². The number of hydrogen-bond donors (Lipinski definition) is 2. The fourth-order valence-electron chi connectivity index (χ4n) is 3.18. The minimum absolute atomic E-state index is 0.0635. The second kappa shape index (κ2) is 6.53. The maximum absolute atomic E-state index is 12.7. The Morgan fingerprint density at radius 1 is 1.08 bits per heavy atom. The van der Waals surface area contributed by atoms with Crippen molar-refractivity contribution in [3.63, 3.8) is 0 Å². The molecular weight excluding hydrogens is 354 g/mol. The third-order valence-corrected chi connectivity index (χ3v) is 5.84. The Bertz CT molecular complexity index is 953. The number of rotatable bonds is 4. The number of fused-ring (bicyclic) bond motifs is 1. The normalized spacial score (nSPS) is 16.6. The molecule has 0 bridgehead atoms. The minimum Gasteiger partial charge on any atom is -0.482 e. The smallest absolute Gasteiger partial charge is 0.262 e. The van der Waals surface area contributed by atoms with Crippen LogP contribution in [0.25, 0.3) is 0 Å². The molecule has 1 amide bonds. The van der Waals surface area contributed by atoms with Gasteiger partial charge in [0.25, 0.3) is 15.9 Å². The van der Waals surface area contributed by atoms with Gasteiger partial charge in [0, 0.05) is 18.8 Å². The van der Waals surface area contributed by atoms with E-state index in [0.29, 0.717) is 17.1 Å². The minimum atomic E-state index is -3.78. The number of sulfonamides is 1. The maximum Gasteiger partial charge on any atom is 0.262 e. The maximum atomic E-state index is 12.7. The highest BCUT2D eigenvalue weighted by Crippen LogP contribution is 2.31. The Morgan fingerprint density at radius 2 is 1.88 bits per heavy atom. The predicted octanol–water partition coefficient (Wildman–Crippen LogP) is 2.42. The van der Waals surface area contributed by atoms with Crippen LogP contribution in [-0.4, -0.2) is 34.0 Å². The lowest BCUT2D eigenvalue weighted by Gasteiger charge is -2.20. The Hall–Kier alpha value is -2.74. The zero-order valence-corrected chi connectivity index (χ0v) is 14.9. The number of carbonyl (C=O) groups is 1. The topological polar surface area (TPSA) is 87.7 Å². The van der Waals surface area contributed by atoms with Crippen LogP contribution in [0.1, 0.15) is 12.8 Å². The molecule has 1 saturated heterocycles. The summed E-state index contributed by atoms with van der Waals surface area (Å²) in [6.45, 7) is 1.90. The van der Waals surface area contributed by atoms with Gasteiger partial charge in [-0.05, 0) is 49.2 Å². The van der Waals surface area contributed by atoms with Gasteiger partial charge in [-0.3, -0.25) is 9.52 Å². The van der Waals surface area contributed by atoms with Crippen molar-refractivity contribution in [1.82, 2.24) is 0 Å². The van der Waals surface area contributed by atoms with E-state index < -0.39 is 10.0 Å². The Balaban J connectivity index is 1.58. The van der Waals surface area contributed by atoms with Crippen molar-refractivity contribution in [2.45, 2.75) is 17.7 Å². The summed E-state index contributed by atoms with van der Waals surface area (Å²) in [7, 11) is -3.78. The first-order valence-electron chi connectivity index (χ1n) is 8.46. The number of ether oxygens (including phenoxy) is 1. The molecule has 8 heteroatoms. The lowest BCUT2D eigenvalue weighted by Crippen LogP contribution is -2.25. The highest BCUT2D eigenvalue weighted by Gasteiger charge is 2.21. The van der Waals surface area contributed by atoms with E-state index in [0.717, 1.165) is 31.6 Å². The average Bonchev–Trinajstić information content (AvgIpc) is 3.15. The van der Waals surface area contributed by atoms with Crippen LogP contribution in [0, 0.1) is 0 Å². The second-order valence-electron chi connectivity index (χ2n) is 6.34. The fraction of sp³-hybridized carbons (Fsp3) is 0.278. The molecule has 0 saturated carbocycles. The van der Waals surface area contributed by atoms with Gasteiger partial charge in [0.15, 0.2) is 6.61 Å². The highest BCUT2D eigenvalue weighted by molar-refractivity contribution is 7.92. The molecule has 0 unspecified atom stereocenters. The standard InChI is InChI=1S/C18H19N3O4S/c22-18-12-25-17-7-6-15(11-16(17)19-18)26(23,24)20-13-4-3-5-14(10-13)21-8-1-2-9-21/h3-7,10-11,20H,1-2,8-9,12H2,(H,19,22). The summed E-state index contributed by atoms with van der Waals surface area (Å²) in [6, 6.07) is 11.8. The molecule has 2 N–H and O–H groups in total. The van der Waals surface area contributed by atoms with Crippen LogP contribution in [0.5, 0.6) is 5.75 Å². The summed E-state index contributed by atoms with van der Waals surface area (Å²) in [5, 5.41) is 2.62. The van der Waals surface area contributed by atoms with Crippen molar-refractivity contribution < 1.29 is 17.9 Å². The van der Waals surface area contributed by atoms with Crippen LogP contribution < -0.4 is 19.7 Å². The van der Waals surface area contributed by atoms with Crippen LogP contribution >= 0.6 is 0 Å². The van der Waals surface area contributed by atoms with Crippen molar-refractivity contribution in [2.24, 2.45) is 0 Å². The SMILES string of the molecule is O=C1COc2ccc(S(=O)(=O)Nc3cccc(N4CCCC4)c3)cc2N1. The lowest BCUT2D eigenvalue weighted by molar-refractivity contribution is -0.118. The fourth-order valence-corrected chi connectivity index (χ4v) is 4.26. The van der Waals surface area contributed by atoms with E-state index in [9.17, 15) is 13.2 Å². The molecule has 2 heterocycles. The molecule has 2 aliphatic rings. The van der Waals surface area contributed by atoms with Crippen molar-refractivity contribution in [2.75, 3.05) is 34.6 Å². The Labute approximate surface area is 152 Å². The Morgan fingerprint density at radius 3 is 2.69 bits per heavy atom. The van der Waals surface area contributed by atoms with Crippen LogP contribution in [0.3, 0.4) is 0 Å². The molecule has 0 atom stereocenters. The van der Waals surface area contributed by atoms with Crippen LogP contribution in [0.15, 0.2) is 47.4 Å². The summed E-state index contributed by atoms with van der Waals surface area (Å²) in [6.07, 6.45) is 2.30. The number of benzene rings is 2. The molecule has 1 fully saturated rings. The average molecular weight is 373 g/mol. The summed E-state index contributed by atoms with van der Waals surface area (Å²) in [5.41, 5.74) is 1.87. The zero-order valence-electron chi connectivity index (χ0n) is 14.1. The summed E-state index contributed by atoms with van der Waals surface area (Å²) in [5.74, 6) is 0.151. The van der Waals surface area contributed by atoms with E-state index in [1.807, 2.05) is 18.2 Å². The predicted molar refractivity (Wildman–Crippen MR) is 99.3 cm³/mol. The van der Waals surface area contributed by atoms with Gasteiger partial charge in [-0.25, -0.2) is 8.42 Å². The van der Waals surface area contributed by atoms with E-state index in [-0.39, 0.29) is 17.4 Å². The van der Waals surface area contributed by atoms with Crippen molar-refractivity contribution in [1.29, 1.82) is 0 Å². The Kier molecular flexibility index (Phi) is 4.20. The number of nitrogens with zero attached hydrogens (tertiary/aromatic N) is 1. The molecule has 0 aromatic heterocycles. The number of amides is 1. The second-order valence-corrected chi connectivity index (χ2v) is 8.03. The molecule has 0 spiro atoms. The number of anilines is 3. The third-order valence-electron chi connectivity index (χ3n) is 4.46. The van der Waals surface area contributed by atoms with Gasteiger partial charge < -0.3 is 15.0 Å². The van der Waals surface area contributed by atoms with E-state index >= 15 is 0 Å². The van der Waals surface area contributed by atoms with Gasteiger partial charge in [-0.1, -0.05) is 6.07 Å². The largest absolute Gasteiger partial charge is 0.482 e. The van der Waals surface area contributed by atoms with Crippen LogP contribution in [0.2, 0.25) is 0 Å². The van der Waals surface area contributed by atoms with E-state index in [2.05, 4.69) is 14.9 Å². The monoisotopic (exact) mass is 373 g/mol. The molecule has 26 heavy (non-hydrogen) atoms. The van der Waals surface area contributed by atoms with E-state index in [1.165, 1.54) is 12.1 Å². The van der Waals surface area contributed by atoms with Crippen molar-refractivity contribution in [3.8, 4) is 5.75 Å². The third kappa shape index (κ3) is 3.32. The molecule has 2 aromatic carbocycles. The molecule has 4 rings (SSSR count). The van der Waals surface area contributed by atoms with Crippen LogP contribution in [0.4, 0.5) is 17.1 Å². The van der Waals surface area contributed by atoms with Crippen molar-refractivity contribution >= 4 is 33.0 Å². The number of nitrogens with one attached hydrogen (secondary N) is 2. The van der Waals surface area contributed by atoms with Crippen molar-refractivity contribution in [3.05, 3.63) is 42.5 Å². The van der Waals surface area contributed by atoms with Gasteiger partial charge in [-0.15, -0.1) is 0 Å². The zero-order chi connectivity index (χ0) is 18.1. The first kappa shape index (κ1) is 16.7. The summed E-state index contributed by atoms with van der Waals surface area (Å²) >= 11 is 0.